The fourth-order valence-corrected chi connectivity index (χ4v) is 8.15. The standard InChI is InChI=1S/C54H39N3/c1-6-18-40(19-7-1)41-30-34-48(35-31-41)56(45-24-12-4-13-25-45)53-49(38-39-51-50-28-16-17-29-52(50)57(54(51)53)46-26-14-5-15-27-46)42-32-36-47(37-33-42)55(43-20-8-2-9-21-43)44-22-10-3-11-23-44/h1-39H. The summed E-state index contributed by atoms with van der Waals surface area (Å²) in [6.45, 7) is 0. The molecule has 0 aliphatic heterocycles. The average molecular weight is 730 g/mol. The molecule has 3 heteroatoms. The van der Waals surface area contributed by atoms with E-state index in [1.165, 1.54) is 27.4 Å². The van der Waals surface area contributed by atoms with E-state index in [0.29, 0.717) is 0 Å². The lowest BCUT2D eigenvalue weighted by molar-refractivity contribution is 1.17. The molecule has 0 unspecified atom stereocenters. The summed E-state index contributed by atoms with van der Waals surface area (Å²) in [6, 6.07) is 84.7. The Kier molecular flexibility index (Phi) is 8.86. The lowest BCUT2D eigenvalue weighted by Gasteiger charge is -2.30. The van der Waals surface area contributed by atoms with Gasteiger partial charge in [-0.2, -0.15) is 0 Å². The number of nitrogens with zero attached hydrogens (tertiary/aromatic N) is 3. The van der Waals surface area contributed by atoms with Gasteiger partial charge >= 0.3 is 0 Å². The molecule has 9 aromatic carbocycles. The van der Waals surface area contributed by atoms with Crippen LogP contribution in [0.5, 0.6) is 0 Å². The van der Waals surface area contributed by atoms with Crippen LogP contribution in [-0.2, 0) is 0 Å². The van der Waals surface area contributed by atoms with Crippen molar-refractivity contribution >= 4 is 55.9 Å². The molecule has 57 heavy (non-hydrogen) atoms. The molecule has 0 spiro atoms. The summed E-state index contributed by atoms with van der Waals surface area (Å²) >= 11 is 0. The van der Waals surface area contributed by atoms with E-state index in [0.717, 1.165) is 56.5 Å². The molecular formula is C54H39N3. The first kappa shape index (κ1) is 33.9. The van der Waals surface area contributed by atoms with Crippen LogP contribution in [0.2, 0.25) is 0 Å². The maximum Gasteiger partial charge on any atom is 0.0788 e. The monoisotopic (exact) mass is 729 g/mol. The van der Waals surface area contributed by atoms with Crippen molar-refractivity contribution in [1.82, 2.24) is 4.57 Å². The van der Waals surface area contributed by atoms with Crippen molar-refractivity contribution in [3.63, 3.8) is 0 Å². The highest BCUT2D eigenvalue weighted by Crippen LogP contribution is 2.49. The molecule has 0 saturated carbocycles. The van der Waals surface area contributed by atoms with Crippen LogP contribution in [0.15, 0.2) is 237 Å². The van der Waals surface area contributed by atoms with Gasteiger partial charge in [-0.15, -0.1) is 0 Å². The van der Waals surface area contributed by atoms with Crippen LogP contribution in [0.1, 0.15) is 0 Å². The zero-order valence-electron chi connectivity index (χ0n) is 31.4. The van der Waals surface area contributed by atoms with E-state index in [-0.39, 0.29) is 0 Å². The second-order valence-corrected chi connectivity index (χ2v) is 14.2. The fourth-order valence-electron chi connectivity index (χ4n) is 8.15. The van der Waals surface area contributed by atoms with Gasteiger partial charge in [0.1, 0.15) is 0 Å². The topological polar surface area (TPSA) is 11.4 Å². The van der Waals surface area contributed by atoms with Crippen molar-refractivity contribution in [1.29, 1.82) is 0 Å². The Balaban J connectivity index is 1.24. The summed E-state index contributed by atoms with van der Waals surface area (Å²) in [6.07, 6.45) is 0. The summed E-state index contributed by atoms with van der Waals surface area (Å²) < 4.78 is 2.44. The summed E-state index contributed by atoms with van der Waals surface area (Å²) in [4.78, 5) is 4.75. The van der Waals surface area contributed by atoms with E-state index in [9.17, 15) is 0 Å². The van der Waals surface area contributed by atoms with Crippen LogP contribution >= 0.6 is 0 Å². The summed E-state index contributed by atoms with van der Waals surface area (Å²) in [5, 5.41) is 2.42. The van der Waals surface area contributed by atoms with Gasteiger partial charge in [0.15, 0.2) is 0 Å². The summed E-state index contributed by atoms with van der Waals surface area (Å²) in [5.41, 5.74) is 14.7. The molecule has 0 bridgehead atoms. The minimum absolute atomic E-state index is 1.08. The highest BCUT2D eigenvalue weighted by Gasteiger charge is 2.25. The Bertz CT molecular complexity index is 2870. The van der Waals surface area contributed by atoms with Crippen LogP contribution in [0.4, 0.5) is 34.1 Å². The smallest absolute Gasteiger partial charge is 0.0788 e. The molecule has 0 radical (unpaired) electrons. The minimum atomic E-state index is 1.08. The molecule has 0 aliphatic carbocycles. The zero-order valence-corrected chi connectivity index (χ0v) is 31.4. The summed E-state index contributed by atoms with van der Waals surface area (Å²) in [5.74, 6) is 0. The number of hydrogen-bond donors (Lipinski definition) is 0. The Morgan fingerprint density at radius 3 is 1.28 bits per heavy atom. The first-order valence-corrected chi connectivity index (χ1v) is 19.4. The van der Waals surface area contributed by atoms with Crippen LogP contribution in [0, 0.1) is 0 Å². The van der Waals surface area contributed by atoms with Gasteiger partial charge in [0.2, 0.25) is 0 Å². The molecule has 0 amide bonds. The highest BCUT2D eigenvalue weighted by atomic mass is 15.2. The maximum absolute atomic E-state index is 2.44. The van der Waals surface area contributed by atoms with Crippen molar-refractivity contribution in [2.45, 2.75) is 0 Å². The molecule has 3 nitrogen and oxygen atoms in total. The normalized spacial score (nSPS) is 11.2. The predicted octanol–water partition coefficient (Wildman–Crippen LogP) is 15.1. The van der Waals surface area contributed by atoms with Gasteiger partial charge in [-0.3, -0.25) is 0 Å². The second-order valence-electron chi connectivity index (χ2n) is 14.2. The minimum Gasteiger partial charge on any atom is -0.311 e. The first-order valence-electron chi connectivity index (χ1n) is 19.4. The molecule has 10 rings (SSSR count). The van der Waals surface area contributed by atoms with Gasteiger partial charge in [0.25, 0.3) is 0 Å². The van der Waals surface area contributed by atoms with Crippen LogP contribution < -0.4 is 9.80 Å². The van der Waals surface area contributed by atoms with Crippen LogP contribution in [0.25, 0.3) is 49.7 Å². The molecule has 0 saturated heterocycles. The average Bonchev–Trinajstić information content (AvgIpc) is 3.63. The van der Waals surface area contributed by atoms with E-state index in [1.54, 1.807) is 0 Å². The van der Waals surface area contributed by atoms with Crippen molar-refractivity contribution in [3.8, 4) is 27.9 Å². The fraction of sp³-hybridized carbons (Fsp3) is 0. The first-order chi connectivity index (χ1) is 28.3. The number of benzene rings is 9. The SMILES string of the molecule is c1ccc(-c2ccc(N(c3ccccc3)c3c(-c4ccc(N(c5ccccc5)c5ccccc5)cc4)ccc4c5ccccc5n(-c5ccccc5)c34)cc2)cc1. The van der Waals surface area contributed by atoms with Crippen molar-refractivity contribution in [2.75, 3.05) is 9.80 Å². The summed E-state index contributed by atoms with van der Waals surface area (Å²) in [7, 11) is 0. The van der Waals surface area contributed by atoms with Crippen molar-refractivity contribution < 1.29 is 0 Å². The van der Waals surface area contributed by atoms with Gasteiger partial charge in [0.05, 0.1) is 16.7 Å². The van der Waals surface area contributed by atoms with E-state index in [1.807, 2.05) is 0 Å². The van der Waals surface area contributed by atoms with Gasteiger partial charge in [-0.05, 0) is 95.6 Å². The van der Waals surface area contributed by atoms with Gasteiger partial charge in [-0.1, -0.05) is 158 Å². The highest BCUT2D eigenvalue weighted by molar-refractivity contribution is 6.17. The Hall–Kier alpha value is -7.62. The predicted molar refractivity (Wildman–Crippen MR) is 241 cm³/mol. The third kappa shape index (κ3) is 6.31. The lowest BCUT2D eigenvalue weighted by atomic mass is 9.98. The Labute approximate surface area is 333 Å². The van der Waals surface area contributed by atoms with E-state index in [4.69, 9.17) is 0 Å². The number of anilines is 6. The molecule has 1 aromatic heterocycles. The number of fused-ring (bicyclic) bond motifs is 3. The molecule has 0 N–H and O–H groups in total. The molecule has 0 atom stereocenters. The molecule has 0 fully saturated rings. The zero-order chi connectivity index (χ0) is 38.0. The molecule has 0 aliphatic rings. The Morgan fingerprint density at radius 1 is 0.281 bits per heavy atom. The third-order valence-corrected chi connectivity index (χ3v) is 10.8. The third-order valence-electron chi connectivity index (χ3n) is 10.8. The van der Waals surface area contributed by atoms with Crippen molar-refractivity contribution in [2.24, 2.45) is 0 Å². The molecule has 270 valence electrons. The number of para-hydroxylation sites is 5. The molecule has 1 heterocycles. The molecular weight excluding hydrogens is 691 g/mol. The van der Waals surface area contributed by atoms with Gasteiger partial charge < -0.3 is 14.4 Å². The van der Waals surface area contributed by atoms with E-state index < -0.39 is 0 Å². The van der Waals surface area contributed by atoms with Crippen LogP contribution in [-0.4, -0.2) is 4.57 Å². The van der Waals surface area contributed by atoms with Gasteiger partial charge in [0, 0.05) is 50.5 Å². The largest absolute Gasteiger partial charge is 0.311 e. The molecule has 10 aromatic rings. The Morgan fingerprint density at radius 2 is 0.702 bits per heavy atom. The van der Waals surface area contributed by atoms with Crippen LogP contribution in [0.3, 0.4) is 0 Å². The van der Waals surface area contributed by atoms with E-state index >= 15 is 0 Å². The number of hydrogen-bond acceptors (Lipinski definition) is 2. The van der Waals surface area contributed by atoms with Crippen molar-refractivity contribution in [3.05, 3.63) is 237 Å². The lowest BCUT2D eigenvalue weighted by Crippen LogP contribution is -2.13. The van der Waals surface area contributed by atoms with E-state index in [2.05, 4.69) is 251 Å². The second kappa shape index (κ2) is 14.9. The number of rotatable bonds is 9. The van der Waals surface area contributed by atoms with Gasteiger partial charge in [-0.25, -0.2) is 0 Å². The number of aromatic nitrogens is 1. The maximum atomic E-state index is 2.44. The quantitative estimate of drug-likeness (QED) is 0.147.